The van der Waals surface area contributed by atoms with Gasteiger partial charge in [-0.25, -0.2) is 14.6 Å². The van der Waals surface area contributed by atoms with Gasteiger partial charge in [-0.15, -0.1) is 6.42 Å². The van der Waals surface area contributed by atoms with Crippen molar-refractivity contribution in [2.24, 2.45) is 0 Å². The summed E-state index contributed by atoms with van der Waals surface area (Å²) in [7, 11) is 1.20. The number of carbonyl (C=O) groups is 5. The number of amides is 2. The molecule has 0 fully saturated rings. The third-order valence-corrected chi connectivity index (χ3v) is 8.26. The number of rotatable bonds is 14. The number of hydrogen-bond acceptors (Lipinski definition) is 8. The first kappa shape index (κ1) is 34.2. The molecule has 1 aliphatic carbocycles. The summed E-state index contributed by atoms with van der Waals surface area (Å²) in [5.74, 6) is -2.19. The van der Waals surface area contributed by atoms with Crippen LogP contribution in [-0.4, -0.2) is 85.6 Å². The molecule has 3 aromatic rings. The number of nitrogens with one attached hydrogen (secondary N) is 2. The number of fused-ring (bicyclic) bond motifs is 2. The van der Waals surface area contributed by atoms with Gasteiger partial charge in [0.25, 0.3) is 11.5 Å². The van der Waals surface area contributed by atoms with Gasteiger partial charge in [0.05, 0.1) is 23.5 Å². The van der Waals surface area contributed by atoms with Crippen LogP contribution in [0.5, 0.6) is 0 Å². The van der Waals surface area contributed by atoms with Crippen LogP contribution in [0.4, 0.5) is 5.69 Å². The number of aryl methyl sites for hydroxylation is 2. The van der Waals surface area contributed by atoms with E-state index in [2.05, 4.69) is 21.2 Å². The van der Waals surface area contributed by atoms with Crippen molar-refractivity contribution < 1.29 is 39.3 Å². The van der Waals surface area contributed by atoms with Crippen molar-refractivity contribution in [1.82, 2.24) is 20.2 Å². The second kappa shape index (κ2) is 14.6. The number of terminal acetylenes is 1. The highest BCUT2D eigenvalue weighted by Crippen LogP contribution is 2.39. The first-order valence-corrected chi connectivity index (χ1v) is 14.9. The van der Waals surface area contributed by atoms with Crippen LogP contribution in [0.1, 0.15) is 65.5 Å². The second-order valence-corrected chi connectivity index (χ2v) is 11.3. The third kappa shape index (κ3) is 7.93. The molecular weight excluding hydrogens is 610 g/mol. The van der Waals surface area contributed by atoms with E-state index < -0.39 is 54.6 Å². The molecule has 0 saturated carbocycles. The van der Waals surface area contributed by atoms with E-state index in [9.17, 15) is 39.0 Å². The van der Waals surface area contributed by atoms with Crippen molar-refractivity contribution in [2.45, 2.75) is 63.6 Å². The molecule has 4 rings (SSSR count). The van der Waals surface area contributed by atoms with Gasteiger partial charge in [0.1, 0.15) is 17.9 Å². The van der Waals surface area contributed by atoms with Crippen LogP contribution in [0.3, 0.4) is 0 Å². The number of H-pyrrole nitrogens is 1. The van der Waals surface area contributed by atoms with E-state index in [1.807, 2.05) is 17.0 Å². The maximum atomic E-state index is 13.0. The van der Waals surface area contributed by atoms with Gasteiger partial charge in [-0.05, 0) is 80.1 Å². The molecule has 2 amide bonds. The molecule has 14 heteroatoms. The van der Waals surface area contributed by atoms with Crippen LogP contribution in [0.15, 0.2) is 41.2 Å². The molecule has 0 unspecified atom stereocenters. The molecule has 5 N–H and O–H groups in total. The minimum atomic E-state index is -1.45. The number of hydrogen-bond donors (Lipinski definition) is 5. The van der Waals surface area contributed by atoms with Crippen LogP contribution in [-0.2, 0) is 25.6 Å². The number of likely N-dealkylation sites (N-methyl/N-ethyl adjacent to an activating group) is 1. The van der Waals surface area contributed by atoms with Crippen LogP contribution in [0, 0.1) is 19.3 Å². The van der Waals surface area contributed by atoms with Gasteiger partial charge in [0.2, 0.25) is 5.91 Å². The second-order valence-electron chi connectivity index (χ2n) is 11.3. The molecular formula is C33H35N5O9. The number of carboxylic acids is 3. The molecule has 0 radical (unpaired) electrons. The molecule has 0 spiro atoms. The number of carboxylic acid groups (broad SMARTS) is 3. The van der Waals surface area contributed by atoms with E-state index >= 15 is 0 Å². The molecule has 1 aliphatic rings. The lowest BCUT2D eigenvalue weighted by atomic mass is 10.0. The molecule has 246 valence electrons. The fourth-order valence-corrected chi connectivity index (χ4v) is 5.81. The number of aromatic nitrogens is 2. The average Bonchev–Trinajstić information content (AvgIpc) is 3.42. The van der Waals surface area contributed by atoms with E-state index in [0.717, 1.165) is 28.9 Å². The van der Waals surface area contributed by atoms with Crippen LogP contribution in [0.25, 0.3) is 10.9 Å². The highest BCUT2D eigenvalue weighted by Gasteiger charge is 2.31. The van der Waals surface area contributed by atoms with E-state index in [1.165, 1.54) is 19.2 Å². The lowest BCUT2D eigenvalue weighted by Crippen LogP contribution is -2.45. The standard InChI is InChI=1S/C33H35N5O9/c1-4-15-38(26-11-7-20-16-25-23(17-22(20)26)31(43)35-18(2)34-25)21-8-5-19(6-9-21)30(42)36-24(32(44)45)10-13-28(39)37(3)27(33(46)47)12-14-29(40)41/h1,5-6,8-9,16-17,24,26-27H,7,10-15H2,2-3H3,(H,36,42)(H,40,41)(H,44,45)(H,46,47)(H,34,35,43)/t24-,26+,27+/m0/s1. The number of nitrogens with zero attached hydrogens (tertiary/aromatic N) is 3. The summed E-state index contributed by atoms with van der Waals surface area (Å²) in [6, 6.07) is 7.24. The Hall–Kier alpha value is -5.71. The molecule has 14 nitrogen and oxygen atoms in total. The number of benzene rings is 2. The van der Waals surface area contributed by atoms with E-state index in [1.54, 1.807) is 19.1 Å². The maximum absolute atomic E-state index is 13.0. The van der Waals surface area contributed by atoms with E-state index in [4.69, 9.17) is 11.5 Å². The smallest absolute Gasteiger partial charge is 0.326 e. The van der Waals surface area contributed by atoms with Crippen molar-refractivity contribution in [3.05, 3.63) is 69.3 Å². The fourth-order valence-electron chi connectivity index (χ4n) is 5.81. The summed E-state index contributed by atoms with van der Waals surface area (Å²) in [6.45, 7) is 1.98. The summed E-state index contributed by atoms with van der Waals surface area (Å²) in [4.78, 5) is 82.6. The summed E-state index contributed by atoms with van der Waals surface area (Å²) < 4.78 is 0. The Labute approximate surface area is 269 Å². The third-order valence-electron chi connectivity index (χ3n) is 8.26. The van der Waals surface area contributed by atoms with E-state index in [-0.39, 0.29) is 36.6 Å². The maximum Gasteiger partial charge on any atom is 0.326 e. The Morgan fingerprint density at radius 2 is 1.77 bits per heavy atom. The van der Waals surface area contributed by atoms with Crippen LogP contribution < -0.4 is 15.8 Å². The summed E-state index contributed by atoms with van der Waals surface area (Å²) in [5, 5.41) is 30.8. The normalized spacial score (nSPS) is 14.8. The van der Waals surface area contributed by atoms with Crippen LogP contribution in [0.2, 0.25) is 0 Å². The van der Waals surface area contributed by atoms with Crippen molar-refractivity contribution in [1.29, 1.82) is 0 Å². The summed E-state index contributed by atoms with van der Waals surface area (Å²) in [6.07, 6.45) is 5.72. The number of aromatic amines is 1. The Bertz CT molecular complexity index is 1810. The zero-order valence-electron chi connectivity index (χ0n) is 25.9. The molecule has 3 atom stereocenters. The Morgan fingerprint density at radius 3 is 2.38 bits per heavy atom. The molecule has 0 saturated heterocycles. The first-order chi connectivity index (χ1) is 22.3. The first-order valence-electron chi connectivity index (χ1n) is 14.9. The number of carbonyl (C=O) groups excluding carboxylic acids is 2. The zero-order chi connectivity index (χ0) is 34.4. The molecule has 0 aliphatic heterocycles. The minimum Gasteiger partial charge on any atom is -0.481 e. The van der Waals surface area contributed by atoms with Gasteiger partial charge in [-0.3, -0.25) is 19.2 Å². The van der Waals surface area contributed by atoms with Crippen molar-refractivity contribution in [3.63, 3.8) is 0 Å². The van der Waals surface area contributed by atoms with Gasteiger partial charge in [0.15, 0.2) is 0 Å². The van der Waals surface area contributed by atoms with Gasteiger partial charge < -0.3 is 35.4 Å². The van der Waals surface area contributed by atoms with Crippen molar-refractivity contribution in [2.75, 3.05) is 18.5 Å². The summed E-state index contributed by atoms with van der Waals surface area (Å²) in [5.41, 5.74) is 3.31. The van der Waals surface area contributed by atoms with Gasteiger partial charge >= 0.3 is 17.9 Å². The Kier molecular flexibility index (Phi) is 10.6. The number of anilines is 1. The highest BCUT2D eigenvalue weighted by molar-refractivity contribution is 5.97. The molecule has 2 aromatic carbocycles. The van der Waals surface area contributed by atoms with Crippen LogP contribution >= 0.6 is 0 Å². The lowest BCUT2D eigenvalue weighted by molar-refractivity contribution is -0.150. The molecule has 1 heterocycles. The monoisotopic (exact) mass is 645 g/mol. The SMILES string of the molecule is C#CCN(c1ccc(C(=O)N[C@@H](CCC(=O)N(C)[C@H](CCC(=O)O)C(=O)O)C(=O)O)cc1)[C@@H]1CCc2cc3nc(C)[nH]c(=O)c3cc21. The molecule has 1 aromatic heterocycles. The largest absolute Gasteiger partial charge is 0.481 e. The minimum absolute atomic E-state index is 0.136. The Morgan fingerprint density at radius 1 is 1.06 bits per heavy atom. The topological polar surface area (TPSA) is 210 Å². The average molecular weight is 646 g/mol. The highest BCUT2D eigenvalue weighted by atomic mass is 16.4. The quantitative estimate of drug-likeness (QED) is 0.160. The fraction of sp³-hybridized carbons (Fsp3) is 0.364. The van der Waals surface area contributed by atoms with Gasteiger partial charge in [-0.1, -0.05) is 5.92 Å². The van der Waals surface area contributed by atoms with Gasteiger partial charge in [0, 0.05) is 31.1 Å². The lowest BCUT2D eigenvalue weighted by Gasteiger charge is -2.30. The number of aliphatic carboxylic acids is 3. The van der Waals surface area contributed by atoms with E-state index in [0.29, 0.717) is 22.4 Å². The molecule has 0 bridgehead atoms. The van der Waals surface area contributed by atoms with Crippen molar-refractivity contribution >= 4 is 46.3 Å². The summed E-state index contributed by atoms with van der Waals surface area (Å²) >= 11 is 0. The zero-order valence-corrected chi connectivity index (χ0v) is 25.9. The predicted molar refractivity (Wildman–Crippen MR) is 170 cm³/mol. The predicted octanol–water partition coefficient (Wildman–Crippen LogP) is 2.10. The van der Waals surface area contributed by atoms with Gasteiger partial charge in [-0.2, -0.15) is 0 Å². The Balaban J connectivity index is 1.45. The van der Waals surface area contributed by atoms with Crippen molar-refractivity contribution in [3.8, 4) is 12.3 Å². The molecule has 47 heavy (non-hydrogen) atoms.